The van der Waals surface area contributed by atoms with Crippen LogP contribution >= 0.6 is 11.3 Å². The highest BCUT2D eigenvalue weighted by atomic mass is 32.1. The molecular weight excluding hydrogens is 262 g/mol. The van der Waals surface area contributed by atoms with Gasteiger partial charge in [-0.15, -0.1) is 0 Å². The van der Waals surface area contributed by atoms with Gasteiger partial charge in [0, 0.05) is 23.0 Å². The van der Waals surface area contributed by atoms with Gasteiger partial charge in [0.25, 0.3) is 0 Å². The van der Waals surface area contributed by atoms with Crippen molar-refractivity contribution in [2.75, 3.05) is 13.1 Å². The number of piperidine rings is 1. The average molecular weight is 281 g/mol. The van der Waals surface area contributed by atoms with Crippen LogP contribution in [0.3, 0.4) is 0 Å². The molecule has 2 aliphatic rings. The van der Waals surface area contributed by atoms with E-state index in [2.05, 4.69) is 4.90 Å². The summed E-state index contributed by atoms with van der Waals surface area (Å²) in [5, 5.41) is 11.1. The Morgan fingerprint density at radius 1 is 1.42 bits per heavy atom. The third-order valence-corrected chi connectivity index (χ3v) is 5.31. The first-order valence-corrected chi connectivity index (χ1v) is 7.72. The minimum atomic E-state index is -0.296. The van der Waals surface area contributed by atoms with E-state index in [9.17, 15) is 10.1 Å². The third-order valence-electron chi connectivity index (χ3n) is 4.20. The second kappa shape index (κ2) is 5.19. The van der Waals surface area contributed by atoms with E-state index < -0.39 is 0 Å². The minimum absolute atomic E-state index is 0.243. The number of thiophene rings is 1. The first kappa shape index (κ1) is 13.0. The molecule has 2 N–H and O–H groups in total. The lowest BCUT2D eigenvalue weighted by atomic mass is 9.88. The summed E-state index contributed by atoms with van der Waals surface area (Å²) in [7, 11) is 0. The van der Waals surface area contributed by atoms with E-state index in [0.29, 0.717) is 24.5 Å². The predicted molar refractivity (Wildman–Crippen MR) is 75.2 cm³/mol. The van der Waals surface area contributed by atoms with Gasteiger partial charge in [0.2, 0.25) is 0 Å². The topological polar surface area (TPSA) is 72.4 Å². The van der Waals surface area contributed by atoms with Crippen molar-refractivity contribution < 1.29 is 4.92 Å². The molecule has 5 nitrogen and oxygen atoms in total. The largest absolute Gasteiger partial charge is 0.330 e. The van der Waals surface area contributed by atoms with Crippen LogP contribution in [-0.2, 0) is 0 Å². The third kappa shape index (κ3) is 2.52. The van der Waals surface area contributed by atoms with Crippen LogP contribution in [0.1, 0.15) is 36.6 Å². The molecule has 1 saturated heterocycles. The van der Waals surface area contributed by atoms with Gasteiger partial charge >= 0.3 is 5.00 Å². The molecular formula is C13H19N3O2S. The summed E-state index contributed by atoms with van der Waals surface area (Å²) in [5.74, 6) is 0.438. The van der Waals surface area contributed by atoms with Crippen molar-refractivity contribution >= 4 is 16.3 Å². The lowest BCUT2D eigenvalue weighted by molar-refractivity contribution is -0.380. The fourth-order valence-electron chi connectivity index (χ4n) is 3.16. The number of nitro groups is 1. The highest BCUT2D eigenvalue weighted by Crippen LogP contribution is 2.45. The van der Waals surface area contributed by atoms with Gasteiger partial charge in [-0.2, -0.15) is 0 Å². The maximum absolute atomic E-state index is 10.9. The predicted octanol–water partition coefficient (Wildman–Crippen LogP) is 2.53. The molecule has 0 bridgehead atoms. The molecule has 0 aromatic carbocycles. The van der Waals surface area contributed by atoms with Crippen molar-refractivity contribution in [3.05, 3.63) is 27.1 Å². The Labute approximate surface area is 116 Å². The van der Waals surface area contributed by atoms with E-state index in [4.69, 9.17) is 5.73 Å². The molecule has 3 rings (SSSR count). The van der Waals surface area contributed by atoms with Crippen LogP contribution in [0.15, 0.2) is 12.1 Å². The van der Waals surface area contributed by atoms with E-state index in [0.717, 1.165) is 17.8 Å². The SMILES string of the molecule is NCC1CCCN(C2CC2)C1c1ccc([N+](=O)[O-])s1. The molecule has 1 aliphatic heterocycles. The van der Waals surface area contributed by atoms with E-state index >= 15 is 0 Å². The number of rotatable bonds is 4. The Bertz CT molecular complexity index is 472. The van der Waals surface area contributed by atoms with Gasteiger partial charge in [-0.3, -0.25) is 15.0 Å². The van der Waals surface area contributed by atoms with E-state index in [-0.39, 0.29) is 9.92 Å². The quantitative estimate of drug-likeness (QED) is 0.680. The summed E-state index contributed by atoms with van der Waals surface area (Å²) < 4.78 is 0. The fraction of sp³-hybridized carbons (Fsp3) is 0.692. The van der Waals surface area contributed by atoms with Gasteiger partial charge in [-0.25, -0.2) is 0 Å². The molecule has 1 saturated carbocycles. The Hall–Kier alpha value is -0.980. The summed E-state index contributed by atoms with van der Waals surface area (Å²) in [6, 6.07) is 4.54. The van der Waals surface area contributed by atoms with Crippen LogP contribution in [-0.4, -0.2) is 29.0 Å². The molecule has 2 unspecified atom stereocenters. The van der Waals surface area contributed by atoms with Gasteiger partial charge in [0.05, 0.1) is 4.92 Å². The number of nitrogens with two attached hydrogens (primary N) is 1. The van der Waals surface area contributed by atoms with Gasteiger partial charge in [-0.1, -0.05) is 11.3 Å². The van der Waals surface area contributed by atoms with Crippen molar-refractivity contribution in [3.8, 4) is 0 Å². The van der Waals surface area contributed by atoms with Crippen LogP contribution in [0, 0.1) is 16.0 Å². The summed E-state index contributed by atoms with van der Waals surface area (Å²) in [6.45, 7) is 1.77. The molecule has 2 fully saturated rings. The van der Waals surface area contributed by atoms with E-state index in [1.807, 2.05) is 6.07 Å². The summed E-state index contributed by atoms with van der Waals surface area (Å²) >= 11 is 1.32. The number of hydrogen-bond donors (Lipinski definition) is 1. The van der Waals surface area contributed by atoms with E-state index in [1.165, 1.54) is 30.6 Å². The Kier molecular flexibility index (Phi) is 3.56. The molecule has 2 atom stereocenters. The zero-order chi connectivity index (χ0) is 13.4. The Morgan fingerprint density at radius 2 is 2.21 bits per heavy atom. The minimum Gasteiger partial charge on any atom is -0.330 e. The van der Waals surface area contributed by atoms with Crippen LogP contribution in [0.5, 0.6) is 0 Å². The molecule has 0 radical (unpaired) electrons. The number of hydrogen-bond acceptors (Lipinski definition) is 5. The summed E-state index contributed by atoms with van der Waals surface area (Å²) in [4.78, 5) is 14.2. The summed E-state index contributed by atoms with van der Waals surface area (Å²) in [5.41, 5.74) is 5.92. The zero-order valence-electron chi connectivity index (χ0n) is 10.8. The molecule has 0 spiro atoms. The lowest BCUT2D eigenvalue weighted by Crippen LogP contribution is -2.42. The molecule has 2 heterocycles. The van der Waals surface area contributed by atoms with Crippen LogP contribution < -0.4 is 5.73 Å². The second-order valence-electron chi connectivity index (χ2n) is 5.48. The lowest BCUT2D eigenvalue weighted by Gasteiger charge is -2.40. The average Bonchev–Trinajstić information content (AvgIpc) is 3.14. The zero-order valence-corrected chi connectivity index (χ0v) is 11.6. The van der Waals surface area contributed by atoms with Gasteiger partial charge in [-0.05, 0) is 50.8 Å². The van der Waals surface area contributed by atoms with Crippen molar-refractivity contribution in [2.24, 2.45) is 11.7 Å². The fourth-order valence-corrected chi connectivity index (χ4v) is 4.20. The maximum atomic E-state index is 10.9. The van der Waals surface area contributed by atoms with E-state index in [1.54, 1.807) is 6.07 Å². The highest BCUT2D eigenvalue weighted by molar-refractivity contribution is 7.15. The van der Waals surface area contributed by atoms with Gasteiger partial charge in [0.1, 0.15) is 0 Å². The van der Waals surface area contributed by atoms with Crippen LogP contribution in [0.2, 0.25) is 0 Å². The molecule has 1 aromatic rings. The molecule has 0 amide bonds. The molecule has 104 valence electrons. The number of likely N-dealkylation sites (tertiary alicyclic amines) is 1. The van der Waals surface area contributed by atoms with Crippen LogP contribution in [0.4, 0.5) is 5.00 Å². The van der Waals surface area contributed by atoms with Crippen molar-refractivity contribution in [1.29, 1.82) is 0 Å². The van der Waals surface area contributed by atoms with Gasteiger partial charge in [0.15, 0.2) is 0 Å². The highest BCUT2D eigenvalue weighted by Gasteiger charge is 2.40. The smallest absolute Gasteiger partial charge is 0.324 e. The van der Waals surface area contributed by atoms with Crippen molar-refractivity contribution in [1.82, 2.24) is 4.90 Å². The maximum Gasteiger partial charge on any atom is 0.324 e. The normalized spacial score (nSPS) is 28.5. The second-order valence-corrected chi connectivity index (χ2v) is 6.58. The van der Waals surface area contributed by atoms with Crippen molar-refractivity contribution in [2.45, 2.75) is 37.8 Å². The van der Waals surface area contributed by atoms with Crippen LogP contribution in [0.25, 0.3) is 0 Å². The summed E-state index contributed by atoms with van der Waals surface area (Å²) in [6.07, 6.45) is 4.86. The molecule has 19 heavy (non-hydrogen) atoms. The molecule has 1 aliphatic carbocycles. The monoisotopic (exact) mass is 281 g/mol. The number of nitrogens with zero attached hydrogens (tertiary/aromatic N) is 2. The molecule has 6 heteroatoms. The van der Waals surface area contributed by atoms with Crippen molar-refractivity contribution in [3.63, 3.8) is 0 Å². The first-order valence-electron chi connectivity index (χ1n) is 6.90. The van der Waals surface area contributed by atoms with Gasteiger partial charge < -0.3 is 5.73 Å². The Balaban J connectivity index is 1.88. The Morgan fingerprint density at radius 3 is 2.79 bits per heavy atom. The first-order chi connectivity index (χ1) is 9.20. The standard InChI is InChI=1S/C13H19N3O2S/c14-8-9-2-1-7-15(10-3-4-10)13(9)11-5-6-12(19-11)16(17)18/h5-6,9-10,13H,1-4,7-8,14H2. The molecule has 1 aromatic heterocycles.